The minimum Gasteiger partial charge on any atom is -0.317 e. The summed E-state index contributed by atoms with van der Waals surface area (Å²) in [7, 11) is 0. The average Bonchev–Trinajstić information content (AvgIpc) is 3.14. The summed E-state index contributed by atoms with van der Waals surface area (Å²) < 4.78 is 0. The Hall–Kier alpha value is -0.960. The van der Waals surface area contributed by atoms with Crippen LogP contribution >= 0.6 is 0 Å². The van der Waals surface area contributed by atoms with E-state index < -0.39 is 0 Å². The number of nitrogens with zero attached hydrogens (tertiary/aromatic N) is 2. The van der Waals surface area contributed by atoms with Gasteiger partial charge in [0.2, 0.25) is 0 Å². The quantitative estimate of drug-likeness (QED) is 0.796. The molecule has 1 saturated heterocycles. The molecule has 1 aromatic heterocycles. The van der Waals surface area contributed by atoms with E-state index in [1.807, 2.05) is 0 Å². The molecule has 0 spiro atoms. The Balaban J connectivity index is 1.80. The van der Waals surface area contributed by atoms with Crippen molar-refractivity contribution in [2.45, 2.75) is 37.5 Å². The first-order valence-electron chi connectivity index (χ1n) is 5.96. The Morgan fingerprint density at radius 2 is 1.53 bits per heavy atom. The van der Waals surface area contributed by atoms with Gasteiger partial charge in [-0.25, -0.2) is 9.97 Å². The minimum atomic E-state index is 0.659. The third kappa shape index (κ3) is 2.02. The van der Waals surface area contributed by atoms with Gasteiger partial charge in [0.05, 0.1) is 0 Å². The second-order valence-corrected chi connectivity index (χ2v) is 4.67. The van der Waals surface area contributed by atoms with E-state index in [4.69, 9.17) is 0 Å². The number of hydrogen-bond donors (Lipinski definition) is 1. The predicted octanol–water partition coefficient (Wildman–Crippen LogP) is 1.82. The van der Waals surface area contributed by atoms with Crippen molar-refractivity contribution in [3.05, 3.63) is 23.8 Å². The van der Waals surface area contributed by atoms with E-state index in [0.717, 1.165) is 19.0 Å². The molecule has 0 radical (unpaired) electrons. The van der Waals surface area contributed by atoms with Crippen LogP contribution in [-0.4, -0.2) is 23.1 Å². The molecule has 2 heterocycles. The topological polar surface area (TPSA) is 37.8 Å². The van der Waals surface area contributed by atoms with Crippen LogP contribution < -0.4 is 5.32 Å². The van der Waals surface area contributed by atoms with E-state index >= 15 is 0 Å². The van der Waals surface area contributed by atoms with Crippen LogP contribution in [0.1, 0.15) is 48.9 Å². The van der Waals surface area contributed by atoms with Crippen molar-refractivity contribution >= 4 is 0 Å². The van der Waals surface area contributed by atoms with Gasteiger partial charge in [-0.1, -0.05) is 0 Å². The van der Waals surface area contributed by atoms with Crippen LogP contribution in [0.15, 0.2) is 12.4 Å². The molecule has 0 aromatic carbocycles. The maximum Gasteiger partial charge on any atom is 0.115 e. The molecule has 0 bridgehead atoms. The van der Waals surface area contributed by atoms with Gasteiger partial charge in [0.25, 0.3) is 0 Å². The monoisotopic (exact) mass is 203 g/mol. The molecular formula is C12H17N3. The van der Waals surface area contributed by atoms with Crippen LogP contribution in [0.5, 0.6) is 0 Å². The normalized spacial score (nSPS) is 22.9. The highest BCUT2D eigenvalue weighted by Crippen LogP contribution is 2.39. The average molecular weight is 203 g/mol. The van der Waals surface area contributed by atoms with Crippen molar-refractivity contribution in [1.82, 2.24) is 15.3 Å². The van der Waals surface area contributed by atoms with Crippen LogP contribution in [0, 0.1) is 0 Å². The summed E-state index contributed by atoms with van der Waals surface area (Å²) in [4.78, 5) is 8.80. The van der Waals surface area contributed by atoms with E-state index in [9.17, 15) is 0 Å². The molecule has 2 aliphatic rings. The first-order valence-corrected chi connectivity index (χ1v) is 5.96. The maximum absolute atomic E-state index is 4.43. The van der Waals surface area contributed by atoms with Crippen molar-refractivity contribution in [2.24, 2.45) is 0 Å². The van der Waals surface area contributed by atoms with E-state index in [0.29, 0.717) is 5.92 Å². The van der Waals surface area contributed by atoms with E-state index in [2.05, 4.69) is 21.4 Å². The fourth-order valence-corrected chi connectivity index (χ4v) is 2.33. The molecule has 1 aliphatic carbocycles. The molecule has 80 valence electrons. The summed E-state index contributed by atoms with van der Waals surface area (Å²) in [5.74, 6) is 1.40. The second kappa shape index (κ2) is 3.89. The van der Waals surface area contributed by atoms with Crippen LogP contribution in [0.25, 0.3) is 0 Å². The number of rotatable bonds is 2. The Bertz CT molecular complexity index is 340. The summed E-state index contributed by atoms with van der Waals surface area (Å²) in [5, 5.41) is 3.39. The standard InChI is InChI=1S/C12H17N3/c1-2-9(1)11-7-12(15-8-14-11)10-3-5-13-6-4-10/h7-10,13H,1-6H2. The third-order valence-electron chi connectivity index (χ3n) is 3.46. The van der Waals surface area contributed by atoms with E-state index in [1.165, 1.54) is 37.1 Å². The third-order valence-corrected chi connectivity index (χ3v) is 3.46. The highest BCUT2D eigenvalue weighted by atomic mass is 14.9. The van der Waals surface area contributed by atoms with Crippen LogP contribution in [0.3, 0.4) is 0 Å². The molecule has 3 nitrogen and oxygen atoms in total. The number of nitrogens with one attached hydrogen (secondary N) is 1. The summed E-state index contributed by atoms with van der Waals surface area (Å²) in [6.07, 6.45) is 6.85. The van der Waals surface area contributed by atoms with Gasteiger partial charge in [0.1, 0.15) is 6.33 Å². The van der Waals surface area contributed by atoms with Gasteiger partial charge >= 0.3 is 0 Å². The molecule has 1 aromatic rings. The Labute approximate surface area is 90.3 Å². The van der Waals surface area contributed by atoms with Crippen molar-refractivity contribution < 1.29 is 0 Å². The lowest BCUT2D eigenvalue weighted by Crippen LogP contribution is -2.27. The van der Waals surface area contributed by atoms with Gasteiger partial charge < -0.3 is 5.32 Å². The summed E-state index contributed by atoms with van der Waals surface area (Å²) in [5.41, 5.74) is 2.55. The molecule has 1 aliphatic heterocycles. The Morgan fingerprint density at radius 1 is 0.933 bits per heavy atom. The van der Waals surface area contributed by atoms with Crippen LogP contribution in [0.4, 0.5) is 0 Å². The Morgan fingerprint density at radius 3 is 2.13 bits per heavy atom. The fraction of sp³-hybridized carbons (Fsp3) is 0.667. The lowest BCUT2D eigenvalue weighted by Gasteiger charge is -2.22. The van der Waals surface area contributed by atoms with Gasteiger partial charge in [-0.2, -0.15) is 0 Å². The lowest BCUT2D eigenvalue weighted by atomic mass is 9.94. The second-order valence-electron chi connectivity index (χ2n) is 4.67. The van der Waals surface area contributed by atoms with Crippen molar-refractivity contribution in [3.63, 3.8) is 0 Å². The van der Waals surface area contributed by atoms with Crippen molar-refractivity contribution in [1.29, 1.82) is 0 Å². The first-order chi connectivity index (χ1) is 7.43. The zero-order chi connectivity index (χ0) is 10.1. The number of piperidine rings is 1. The lowest BCUT2D eigenvalue weighted by molar-refractivity contribution is 0.452. The van der Waals surface area contributed by atoms with Crippen molar-refractivity contribution in [2.75, 3.05) is 13.1 Å². The zero-order valence-corrected chi connectivity index (χ0v) is 8.95. The molecule has 0 atom stereocenters. The van der Waals surface area contributed by atoms with Gasteiger partial charge in [0, 0.05) is 23.2 Å². The van der Waals surface area contributed by atoms with E-state index in [1.54, 1.807) is 6.33 Å². The Kier molecular flexibility index (Phi) is 2.41. The SMILES string of the molecule is c1nc(C2CCNCC2)cc(C2CC2)n1. The zero-order valence-electron chi connectivity index (χ0n) is 8.95. The molecule has 0 unspecified atom stereocenters. The van der Waals surface area contributed by atoms with Crippen LogP contribution in [0.2, 0.25) is 0 Å². The summed E-state index contributed by atoms with van der Waals surface area (Å²) in [6, 6.07) is 2.24. The number of aromatic nitrogens is 2. The van der Waals surface area contributed by atoms with Gasteiger partial charge in [-0.15, -0.1) is 0 Å². The highest BCUT2D eigenvalue weighted by Gasteiger charge is 2.26. The first kappa shape index (κ1) is 9.28. The van der Waals surface area contributed by atoms with Gasteiger partial charge in [0.15, 0.2) is 0 Å². The van der Waals surface area contributed by atoms with Gasteiger partial charge in [-0.05, 0) is 44.8 Å². The predicted molar refractivity (Wildman–Crippen MR) is 58.9 cm³/mol. The smallest absolute Gasteiger partial charge is 0.115 e. The minimum absolute atomic E-state index is 0.659. The van der Waals surface area contributed by atoms with E-state index in [-0.39, 0.29) is 0 Å². The number of hydrogen-bond acceptors (Lipinski definition) is 3. The molecular weight excluding hydrogens is 186 g/mol. The maximum atomic E-state index is 4.43. The van der Waals surface area contributed by atoms with Gasteiger partial charge in [-0.3, -0.25) is 0 Å². The van der Waals surface area contributed by atoms with Crippen LogP contribution in [-0.2, 0) is 0 Å². The molecule has 1 saturated carbocycles. The molecule has 0 amide bonds. The molecule has 3 rings (SSSR count). The fourth-order valence-electron chi connectivity index (χ4n) is 2.33. The summed E-state index contributed by atoms with van der Waals surface area (Å²) >= 11 is 0. The molecule has 1 N–H and O–H groups in total. The molecule has 2 fully saturated rings. The van der Waals surface area contributed by atoms with Crippen molar-refractivity contribution in [3.8, 4) is 0 Å². The largest absolute Gasteiger partial charge is 0.317 e. The summed E-state index contributed by atoms with van der Waals surface area (Å²) in [6.45, 7) is 2.26. The molecule has 3 heteroatoms. The molecule has 15 heavy (non-hydrogen) atoms. The highest BCUT2D eigenvalue weighted by molar-refractivity contribution is 5.19.